The van der Waals surface area contributed by atoms with Gasteiger partial charge in [0, 0.05) is 18.3 Å². The van der Waals surface area contributed by atoms with Crippen molar-refractivity contribution < 1.29 is 18.3 Å². The van der Waals surface area contributed by atoms with Crippen molar-refractivity contribution in [1.82, 2.24) is 9.97 Å². The van der Waals surface area contributed by atoms with Gasteiger partial charge in [0.2, 0.25) is 5.88 Å². The molecule has 0 aliphatic carbocycles. The molecule has 1 atom stereocenters. The Hall–Kier alpha value is -2.10. The number of alkyl halides is 1. The van der Waals surface area contributed by atoms with Crippen LogP contribution in [0.1, 0.15) is 0 Å². The van der Waals surface area contributed by atoms with Crippen LogP contribution in [-0.4, -0.2) is 49.1 Å². The molecule has 2 rings (SSSR count). The number of sulfonamides is 1. The smallest absolute Gasteiger partial charge is 0.263 e. The molecule has 1 aromatic heterocycles. The van der Waals surface area contributed by atoms with Crippen LogP contribution in [0.4, 0.5) is 11.5 Å². The number of anilines is 2. The van der Waals surface area contributed by atoms with E-state index in [2.05, 4.69) is 20.0 Å². The fourth-order valence-corrected chi connectivity index (χ4v) is 2.85. The van der Waals surface area contributed by atoms with E-state index in [1.54, 1.807) is 12.1 Å². The van der Waals surface area contributed by atoms with Gasteiger partial charge in [0.25, 0.3) is 10.0 Å². The summed E-state index contributed by atoms with van der Waals surface area (Å²) < 4.78 is 31.9. The van der Waals surface area contributed by atoms with Gasteiger partial charge in [-0.2, -0.15) is 0 Å². The number of ether oxygens (including phenoxy) is 1. The van der Waals surface area contributed by atoms with E-state index < -0.39 is 16.1 Å². The minimum Gasteiger partial charge on any atom is -0.481 e. The maximum atomic E-state index is 12.3. The number of rotatable bonds is 8. The molecule has 24 heavy (non-hydrogen) atoms. The third kappa shape index (κ3) is 4.95. The highest BCUT2D eigenvalue weighted by Gasteiger charge is 2.15. The lowest BCUT2D eigenvalue weighted by atomic mass is 10.3. The number of aliphatic hydroxyl groups is 1. The number of hydrogen-bond donors (Lipinski definition) is 3. The molecule has 3 N–H and O–H groups in total. The Labute approximate surface area is 144 Å². The number of benzene rings is 1. The van der Waals surface area contributed by atoms with E-state index >= 15 is 0 Å². The molecule has 1 aromatic carbocycles. The molecule has 0 amide bonds. The fourth-order valence-electron chi connectivity index (χ4n) is 1.75. The van der Waals surface area contributed by atoms with Crippen molar-refractivity contribution in [3.8, 4) is 5.88 Å². The predicted molar refractivity (Wildman–Crippen MR) is 91.1 cm³/mol. The minimum absolute atomic E-state index is 0.0727. The van der Waals surface area contributed by atoms with E-state index in [9.17, 15) is 13.5 Å². The number of aromatic nitrogens is 2. The maximum absolute atomic E-state index is 12.3. The van der Waals surface area contributed by atoms with Gasteiger partial charge in [-0.05, 0) is 24.3 Å². The van der Waals surface area contributed by atoms with Crippen molar-refractivity contribution in [3.63, 3.8) is 0 Å². The second kappa shape index (κ2) is 8.13. The van der Waals surface area contributed by atoms with Crippen LogP contribution in [0.3, 0.4) is 0 Å². The zero-order valence-electron chi connectivity index (χ0n) is 12.8. The van der Waals surface area contributed by atoms with Crippen molar-refractivity contribution in [1.29, 1.82) is 0 Å². The largest absolute Gasteiger partial charge is 0.481 e. The highest BCUT2D eigenvalue weighted by atomic mass is 35.5. The van der Waals surface area contributed by atoms with Crippen LogP contribution in [0.15, 0.2) is 41.6 Å². The Morgan fingerprint density at radius 2 is 2.00 bits per heavy atom. The maximum Gasteiger partial charge on any atom is 0.263 e. The van der Waals surface area contributed by atoms with E-state index in [0.717, 1.165) is 0 Å². The average molecular weight is 373 g/mol. The number of nitrogens with zero attached hydrogens (tertiary/aromatic N) is 2. The first kappa shape index (κ1) is 18.2. The monoisotopic (exact) mass is 372 g/mol. The normalized spacial score (nSPS) is 12.5. The van der Waals surface area contributed by atoms with Gasteiger partial charge in [0.15, 0.2) is 0 Å². The molecule has 8 nitrogen and oxygen atoms in total. The van der Waals surface area contributed by atoms with E-state index in [1.165, 1.54) is 31.6 Å². The summed E-state index contributed by atoms with van der Waals surface area (Å²) in [6, 6.07) is 7.44. The highest BCUT2D eigenvalue weighted by molar-refractivity contribution is 7.92. The Kier molecular flexibility index (Phi) is 6.18. The van der Waals surface area contributed by atoms with E-state index in [4.69, 9.17) is 16.3 Å². The van der Waals surface area contributed by atoms with Crippen LogP contribution >= 0.6 is 11.6 Å². The van der Waals surface area contributed by atoms with Gasteiger partial charge in [-0.1, -0.05) is 0 Å². The molecule has 1 heterocycles. The molecular formula is C14H17ClN4O4S. The van der Waals surface area contributed by atoms with Crippen LogP contribution in [0, 0.1) is 0 Å². The molecule has 0 saturated heterocycles. The fraction of sp³-hybridized carbons (Fsp3) is 0.286. The lowest BCUT2D eigenvalue weighted by molar-refractivity contribution is 0.211. The Balaban J connectivity index is 2.08. The van der Waals surface area contributed by atoms with E-state index in [-0.39, 0.29) is 29.0 Å². The van der Waals surface area contributed by atoms with Crippen LogP contribution in [0.5, 0.6) is 5.88 Å². The number of aliphatic hydroxyl groups excluding tert-OH is 1. The van der Waals surface area contributed by atoms with Gasteiger partial charge < -0.3 is 15.2 Å². The standard InChI is InChI=1S/C14H17ClN4O4S/c1-23-14-6-13(17-9-18-14)19-24(21,22)12-4-2-10(3-5-12)16-8-11(20)7-15/h2-6,9,11,16,20H,7-8H2,1H3,(H,17,18,19). The average Bonchev–Trinajstić information content (AvgIpc) is 2.59. The second-order valence-electron chi connectivity index (χ2n) is 4.76. The summed E-state index contributed by atoms with van der Waals surface area (Å²) >= 11 is 5.51. The van der Waals surface area contributed by atoms with Crippen molar-refractivity contribution in [2.45, 2.75) is 11.0 Å². The number of nitrogens with one attached hydrogen (secondary N) is 2. The van der Waals surface area contributed by atoms with Gasteiger partial charge in [-0.25, -0.2) is 18.4 Å². The van der Waals surface area contributed by atoms with Gasteiger partial charge in [-0.15, -0.1) is 11.6 Å². The topological polar surface area (TPSA) is 113 Å². The lowest BCUT2D eigenvalue weighted by Crippen LogP contribution is -2.20. The quantitative estimate of drug-likeness (QED) is 0.598. The molecule has 1 unspecified atom stereocenters. The SMILES string of the molecule is COc1cc(NS(=O)(=O)c2ccc(NCC(O)CCl)cc2)ncn1. The first-order chi connectivity index (χ1) is 11.4. The molecule has 0 saturated carbocycles. The molecule has 10 heteroatoms. The summed E-state index contributed by atoms with van der Waals surface area (Å²) in [6.45, 7) is 0.272. The van der Waals surface area contributed by atoms with Crippen molar-refractivity contribution >= 4 is 33.1 Å². The van der Waals surface area contributed by atoms with Crippen LogP contribution in [-0.2, 0) is 10.0 Å². The lowest BCUT2D eigenvalue weighted by Gasteiger charge is -2.11. The molecule has 0 fully saturated rings. The highest BCUT2D eigenvalue weighted by Crippen LogP contribution is 2.18. The summed E-state index contributed by atoms with van der Waals surface area (Å²) in [5.74, 6) is 0.473. The summed E-state index contributed by atoms with van der Waals surface area (Å²) in [5.41, 5.74) is 0.668. The first-order valence-corrected chi connectivity index (χ1v) is 8.93. The van der Waals surface area contributed by atoms with Crippen molar-refractivity contribution in [2.75, 3.05) is 29.6 Å². The van der Waals surface area contributed by atoms with Gasteiger partial charge in [0.1, 0.15) is 12.1 Å². The Morgan fingerprint density at radius 3 is 2.62 bits per heavy atom. The molecule has 0 aliphatic rings. The summed E-state index contributed by atoms with van der Waals surface area (Å²) in [7, 11) is -2.36. The molecule has 0 radical (unpaired) electrons. The number of methoxy groups -OCH3 is 1. The van der Waals surface area contributed by atoms with Crippen molar-refractivity contribution in [3.05, 3.63) is 36.7 Å². The van der Waals surface area contributed by atoms with E-state index in [1.807, 2.05) is 0 Å². The van der Waals surface area contributed by atoms with E-state index in [0.29, 0.717) is 5.69 Å². The van der Waals surface area contributed by atoms with Crippen LogP contribution < -0.4 is 14.8 Å². The third-order valence-electron chi connectivity index (χ3n) is 2.97. The molecule has 0 aliphatic heterocycles. The second-order valence-corrected chi connectivity index (χ2v) is 6.76. The summed E-state index contributed by atoms with van der Waals surface area (Å²) in [4.78, 5) is 7.72. The zero-order chi connectivity index (χ0) is 17.6. The van der Waals surface area contributed by atoms with Gasteiger partial charge >= 0.3 is 0 Å². The third-order valence-corrected chi connectivity index (χ3v) is 4.70. The molecule has 0 spiro atoms. The predicted octanol–water partition coefficient (Wildman–Crippen LogP) is 1.30. The molecule has 130 valence electrons. The molecular weight excluding hydrogens is 356 g/mol. The van der Waals surface area contributed by atoms with Gasteiger partial charge in [-0.3, -0.25) is 4.72 Å². The Morgan fingerprint density at radius 1 is 1.29 bits per heavy atom. The van der Waals surface area contributed by atoms with Crippen LogP contribution in [0.25, 0.3) is 0 Å². The molecule has 0 bridgehead atoms. The first-order valence-electron chi connectivity index (χ1n) is 6.91. The molecule has 2 aromatic rings. The zero-order valence-corrected chi connectivity index (χ0v) is 14.4. The van der Waals surface area contributed by atoms with Crippen molar-refractivity contribution in [2.24, 2.45) is 0 Å². The number of hydrogen-bond acceptors (Lipinski definition) is 7. The minimum atomic E-state index is -3.79. The summed E-state index contributed by atoms with van der Waals surface area (Å²) in [5, 5.41) is 12.3. The van der Waals surface area contributed by atoms with Crippen LogP contribution in [0.2, 0.25) is 0 Å². The number of halogens is 1. The van der Waals surface area contributed by atoms with Gasteiger partial charge in [0.05, 0.1) is 24.0 Å². The summed E-state index contributed by atoms with van der Waals surface area (Å²) in [6.07, 6.45) is 0.524. The Bertz CT molecular complexity index is 771.